The van der Waals surface area contributed by atoms with Gasteiger partial charge < -0.3 is 10.2 Å². The molecular weight excluding hydrogens is 290 g/mol. The number of carbonyl (C=O) groups is 1. The van der Waals surface area contributed by atoms with Gasteiger partial charge in [0.1, 0.15) is 11.8 Å². The molecule has 1 atom stereocenters. The number of carboxylic acid groups (broad SMARTS) is 1. The number of hydrogen-bond donors (Lipinski definition) is 2. The van der Waals surface area contributed by atoms with E-state index in [4.69, 9.17) is 0 Å². The van der Waals surface area contributed by atoms with E-state index in [2.05, 4.69) is 18.2 Å². The van der Waals surface area contributed by atoms with E-state index < -0.39 is 12.0 Å². The van der Waals surface area contributed by atoms with E-state index >= 15 is 0 Å². The van der Waals surface area contributed by atoms with Crippen LogP contribution in [0.2, 0.25) is 0 Å². The molecule has 0 aromatic heterocycles. The lowest BCUT2D eigenvalue weighted by molar-refractivity contribution is -0.143. The standard InChI is InChI=1S/C19H19NO3/c21-17-8-4-7-16(13-17)18(19(22)23)20-11-9-15(10-12-20)14-5-2-1-3-6-14/h1-9,13,18,21H,10-12H2,(H,22,23)/t18-/m0/s1. The Morgan fingerprint density at radius 3 is 2.48 bits per heavy atom. The van der Waals surface area contributed by atoms with Crippen LogP contribution in [0.3, 0.4) is 0 Å². The van der Waals surface area contributed by atoms with Crippen molar-refractivity contribution in [1.82, 2.24) is 4.90 Å². The van der Waals surface area contributed by atoms with E-state index in [0.29, 0.717) is 18.7 Å². The molecule has 1 aliphatic heterocycles. The molecule has 0 bridgehead atoms. The topological polar surface area (TPSA) is 60.8 Å². The zero-order valence-electron chi connectivity index (χ0n) is 12.7. The number of aliphatic carboxylic acids is 1. The maximum Gasteiger partial charge on any atom is 0.325 e. The van der Waals surface area contributed by atoms with Crippen LogP contribution in [0.4, 0.5) is 0 Å². The fourth-order valence-corrected chi connectivity index (χ4v) is 3.04. The van der Waals surface area contributed by atoms with Gasteiger partial charge in [-0.3, -0.25) is 9.69 Å². The summed E-state index contributed by atoms with van der Waals surface area (Å²) in [6.45, 7) is 1.25. The Morgan fingerprint density at radius 2 is 1.87 bits per heavy atom. The zero-order chi connectivity index (χ0) is 16.2. The summed E-state index contributed by atoms with van der Waals surface area (Å²) in [7, 11) is 0. The summed E-state index contributed by atoms with van der Waals surface area (Å²) in [6, 6.07) is 15.9. The van der Waals surface area contributed by atoms with Gasteiger partial charge >= 0.3 is 5.97 Å². The number of nitrogens with zero attached hydrogens (tertiary/aromatic N) is 1. The normalized spacial score (nSPS) is 16.6. The third-order valence-electron chi connectivity index (χ3n) is 4.17. The van der Waals surface area contributed by atoms with Crippen LogP contribution >= 0.6 is 0 Å². The maximum absolute atomic E-state index is 11.7. The van der Waals surface area contributed by atoms with Gasteiger partial charge in [-0.2, -0.15) is 0 Å². The number of hydrogen-bond acceptors (Lipinski definition) is 3. The van der Waals surface area contributed by atoms with Crippen molar-refractivity contribution in [2.45, 2.75) is 12.5 Å². The Balaban J connectivity index is 1.81. The predicted molar refractivity (Wildman–Crippen MR) is 89.1 cm³/mol. The van der Waals surface area contributed by atoms with Crippen LogP contribution in [-0.2, 0) is 4.79 Å². The van der Waals surface area contributed by atoms with E-state index in [1.165, 1.54) is 17.2 Å². The van der Waals surface area contributed by atoms with Crippen LogP contribution in [0.1, 0.15) is 23.6 Å². The first-order valence-corrected chi connectivity index (χ1v) is 7.65. The molecule has 4 nitrogen and oxygen atoms in total. The van der Waals surface area contributed by atoms with Crippen LogP contribution in [0.15, 0.2) is 60.7 Å². The van der Waals surface area contributed by atoms with E-state index in [9.17, 15) is 15.0 Å². The first-order valence-electron chi connectivity index (χ1n) is 7.65. The lowest BCUT2D eigenvalue weighted by Crippen LogP contribution is -2.37. The number of phenols is 1. The molecule has 2 aromatic carbocycles. The molecule has 1 heterocycles. The first kappa shape index (κ1) is 15.3. The zero-order valence-corrected chi connectivity index (χ0v) is 12.7. The summed E-state index contributed by atoms with van der Waals surface area (Å²) in [5.74, 6) is -0.807. The Kier molecular flexibility index (Phi) is 4.44. The minimum absolute atomic E-state index is 0.0891. The summed E-state index contributed by atoms with van der Waals surface area (Å²) in [4.78, 5) is 13.6. The molecule has 0 radical (unpaired) electrons. The van der Waals surface area contributed by atoms with Gasteiger partial charge in [-0.25, -0.2) is 0 Å². The van der Waals surface area contributed by atoms with Gasteiger partial charge in [-0.1, -0.05) is 48.5 Å². The number of aromatic hydroxyl groups is 1. The van der Waals surface area contributed by atoms with Crippen molar-refractivity contribution >= 4 is 11.5 Å². The molecular formula is C19H19NO3. The highest BCUT2D eigenvalue weighted by Crippen LogP contribution is 2.29. The third-order valence-corrected chi connectivity index (χ3v) is 4.17. The summed E-state index contributed by atoms with van der Waals surface area (Å²) >= 11 is 0. The van der Waals surface area contributed by atoms with Gasteiger partial charge in [0, 0.05) is 13.1 Å². The molecule has 3 rings (SSSR count). The number of carboxylic acids is 1. The Labute approximate surface area is 135 Å². The summed E-state index contributed by atoms with van der Waals surface area (Å²) in [6.07, 6.45) is 2.91. The molecule has 0 unspecified atom stereocenters. The van der Waals surface area contributed by atoms with Crippen molar-refractivity contribution < 1.29 is 15.0 Å². The summed E-state index contributed by atoms with van der Waals surface area (Å²) in [5, 5.41) is 19.2. The molecule has 118 valence electrons. The van der Waals surface area contributed by atoms with Crippen molar-refractivity contribution in [1.29, 1.82) is 0 Å². The average Bonchev–Trinajstić information content (AvgIpc) is 2.56. The highest BCUT2D eigenvalue weighted by Gasteiger charge is 2.28. The Hall–Kier alpha value is -2.59. The first-order chi connectivity index (χ1) is 11.1. The summed E-state index contributed by atoms with van der Waals surface area (Å²) < 4.78 is 0. The quantitative estimate of drug-likeness (QED) is 0.909. The summed E-state index contributed by atoms with van der Waals surface area (Å²) in [5.41, 5.74) is 3.05. The van der Waals surface area contributed by atoms with Gasteiger partial charge in [-0.15, -0.1) is 0 Å². The molecule has 1 aliphatic rings. The molecule has 0 saturated heterocycles. The largest absolute Gasteiger partial charge is 0.508 e. The highest BCUT2D eigenvalue weighted by atomic mass is 16.4. The van der Waals surface area contributed by atoms with E-state index in [1.54, 1.807) is 18.2 Å². The maximum atomic E-state index is 11.7. The molecule has 23 heavy (non-hydrogen) atoms. The lowest BCUT2D eigenvalue weighted by Gasteiger charge is -2.31. The van der Waals surface area contributed by atoms with E-state index in [1.807, 2.05) is 23.1 Å². The molecule has 0 fully saturated rings. The second kappa shape index (κ2) is 6.67. The van der Waals surface area contributed by atoms with E-state index in [0.717, 1.165) is 6.42 Å². The molecule has 0 aliphatic carbocycles. The van der Waals surface area contributed by atoms with Gasteiger partial charge in [-0.05, 0) is 35.3 Å². The van der Waals surface area contributed by atoms with Crippen LogP contribution in [0, 0.1) is 0 Å². The van der Waals surface area contributed by atoms with Crippen LogP contribution in [0.5, 0.6) is 5.75 Å². The Morgan fingerprint density at radius 1 is 1.09 bits per heavy atom. The second-order valence-electron chi connectivity index (χ2n) is 5.68. The van der Waals surface area contributed by atoms with Crippen LogP contribution < -0.4 is 0 Å². The van der Waals surface area contributed by atoms with Gasteiger partial charge in [0.05, 0.1) is 0 Å². The van der Waals surface area contributed by atoms with Crippen molar-refractivity contribution in [3.63, 3.8) is 0 Å². The van der Waals surface area contributed by atoms with Gasteiger partial charge in [0.25, 0.3) is 0 Å². The Bertz CT molecular complexity index is 724. The minimum Gasteiger partial charge on any atom is -0.508 e. The molecule has 0 saturated carbocycles. The van der Waals surface area contributed by atoms with E-state index in [-0.39, 0.29) is 5.75 Å². The predicted octanol–water partition coefficient (Wildman–Crippen LogP) is 3.31. The SMILES string of the molecule is O=C(O)[C@H](c1cccc(O)c1)N1CC=C(c2ccccc2)CC1. The highest BCUT2D eigenvalue weighted by molar-refractivity contribution is 5.76. The number of phenolic OH excluding ortho intramolecular Hbond substituents is 1. The molecule has 0 amide bonds. The molecule has 2 aromatic rings. The molecule has 4 heteroatoms. The van der Waals surface area contributed by atoms with Gasteiger partial charge in [0.2, 0.25) is 0 Å². The number of benzene rings is 2. The molecule has 0 spiro atoms. The smallest absolute Gasteiger partial charge is 0.325 e. The number of rotatable bonds is 4. The van der Waals surface area contributed by atoms with Crippen molar-refractivity contribution in [2.24, 2.45) is 0 Å². The average molecular weight is 309 g/mol. The molecule has 2 N–H and O–H groups in total. The van der Waals surface area contributed by atoms with Crippen molar-refractivity contribution in [3.05, 3.63) is 71.8 Å². The lowest BCUT2D eigenvalue weighted by atomic mass is 9.97. The third kappa shape index (κ3) is 3.43. The van der Waals surface area contributed by atoms with Gasteiger partial charge in [0.15, 0.2) is 0 Å². The monoisotopic (exact) mass is 309 g/mol. The minimum atomic E-state index is -0.896. The fourth-order valence-electron chi connectivity index (χ4n) is 3.04. The second-order valence-corrected chi connectivity index (χ2v) is 5.68. The van der Waals surface area contributed by atoms with Crippen molar-refractivity contribution in [3.8, 4) is 5.75 Å². The van der Waals surface area contributed by atoms with Crippen LogP contribution in [0.25, 0.3) is 5.57 Å². The van der Waals surface area contributed by atoms with Crippen molar-refractivity contribution in [2.75, 3.05) is 13.1 Å². The fraction of sp³-hybridized carbons (Fsp3) is 0.211. The van der Waals surface area contributed by atoms with Crippen LogP contribution in [-0.4, -0.2) is 34.2 Å².